The third kappa shape index (κ3) is 2.88. The van der Waals surface area contributed by atoms with E-state index in [2.05, 4.69) is 36.2 Å². The summed E-state index contributed by atoms with van der Waals surface area (Å²) in [6.45, 7) is 1.57. The van der Waals surface area contributed by atoms with Crippen LogP contribution < -0.4 is 0 Å². The van der Waals surface area contributed by atoms with E-state index in [-0.39, 0.29) is 6.61 Å². The molecule has 2 rings (SSSR count). The minimum Gasteiger partial charge on any atom is -0.457 e. The molecule has 0 atom stereocenters. The largest absolute Gasteiger partial charge is 0.457 e. The second kappa shape index (κ2) is 5.53. The van der Waals surface area contributed by atoms with Gasteiger partial charge in [-0.15, -0.1) is 5.10 Å². The maximum atomic E-state index is 9.92. The van der Waals surface area contributed by atoms with Gasteiger partial charge in [0, 0.05) is 10.9 Å². The van der Waals surface area contributed by atoms with E-state index in [0.717, 1.165) is 10.2 Å². The molecule has 0 bridgehead atoms. The van der Waals surface area contributed by atoms with E-state index in [9.17, 15) is 4.79 Å². The topological polar surface area (TPSA) is 69.9 Å². The van der Waals surface area contributed by atoms with E-state index in [0.29, 0.717) is 12.2 Å². The first-order chi connectivity index (χ1) is 8.31. The Morgan fingerprint density at radius 1 is 1.47 bits per heavy atom. The Kier molecular flexibility index (Phi) is 3.81. The molecular formula is C10H8BrN4O2. The van der Waals surface area contributed by atoms with Gasteiger partial charge in [0.1, 0.15) is 0 Å². The summed E-state index contributed by atoms with van der Waals surface area (Å²) in [4.78, 5) is 9.92. The molecule has 7 heteroatoms. The number of ether oxygens (including phenoxy) is 1. The van der Waals surface area contributed by atoms with Crippen molar-refractivity contribution < 1.29 is 9.53 Å². The van der Waals surface area contributed by atoms with Crippen molar-refractivity contribution in [2.45, 2.75) is 6.42 Å². The second-order valence-corrected chi connectivity index (χ2v) is 4.08. The van der Waals surface area contributed by atoms with Crippen LogP contribution >= 0.6 is 15.9 Å². The molecule has 0 aliphatic heterocycles. The van der Waals surface area contributed by atoms with Crippen LogP contribution in [-0.2, 0) is 16.0 Å². The number of tetrazole rings is 1. The van der Waals surface area contributed by atoms with Gasteiger partial charge in [0.2, 0.25) is 0 Å². The molecule has 1 heterocycles. The highest BCUT2D eigenvalue weighted by Gasteiger charge is 2.08. The third-order valence-corrected chi connectivity index (χ3v) is 2.57. The highest BCUT2D eigenvalue weighted by atomic mass is 79.9. The Morgan fingerprint density at radius 2 is 2.35 bits per heavy atom. The second-order valence-electron chi connectivity index (χ2n) is 3.17. The predicted octanol–water partition coefficient (Wildman–Crippen LogP) is 1.05. The molecule has 1 radical (unpaired) electrons. The molecule has 1 aromatic carbocycles. The third-order valence-electron chi connectivity index (χ3n) is 2.07. The Labute approximate surface area is 106 Å². The van der Waals surface area contributed by atoms with Gasteiger partial charge in [0.15, 0.2) is 5.82 Å². The Hall–Kier alpha value is -1.76. The molecule has 6 nitrogen and oxygen atoms in total. The normalized spacial score (nSPS) is 10.2. The number of rotatable bonds is 5. The van der Waals surface area contributed by atoms with Crippen LogP contribution in [0.5, 0.6) is 0 Å². The standard InChI is InChI=1S/C10H8BrN4O2/c11-8-2-1-3-9(6-8)15-10(12-13-14-15)4-5-17-7-16/h1-3,6H,4-5H2. The number of hydrogen-bond donors (Lipinski definition) is 0. The maximum Gasteiger partial charge on any atom is 0.417 e. The molecule has 0 saturated heterocycles. The number of carbonyl (C=O) groups excluding carboxylic acids is 1. The molecule has 0 fully saturated rings. The van der Waals surface area contributed by atoms with Gasteiger partial charge in [0.25, 0.3) is 0 Å². The van der Waals surface area contributed by atoms with Gasteiger partial charge in [-0.3, -0.25) is 0 Å². The van der Waals surface area contributed by atoms with Gasteiger partial charge in [0.05, 0.1) is 12.3 Å². The van der Waals surface area contributed by atoms with Crippen molar-refractivity contribution in [3.05, 3.63) is 34.6 Å². The van der Waals surface area contributed by atoms with Crippen LogP contribution in [0.25, 0.3) is 5.69 Å². The van der Waals surface area contributed by atoms with Crippen LogP contribution in [0.2, 0.25) is 0 Å². The molecule has 0 unspecified atom stereocenters. The predicted molar refractivity (Wildman–Crippen MR) is 62.2 cm³/mol. The lowest BCUT2D eigenvalue weighted by molar-refractivity contribution is 0.278. The number of nitrogens with zero attached hydrogens (tertiary/aromatic N) is 4. The van der Waals surface area contributed by atoms with Gasteiger partial charge < -0.3 is 4.74 Å². The van der Waals surface area contributed by atoms with Crippen molar-refractivity contribution in [2.75, 3.05) is 6.61 Å². The van der Waals surface area contributed by atoms with Crippen LogP contribution in [-0.4, -0.2) is 33.3 Å². The van der Waals surface area contributed by atoms with Gasteiger partial charge in [-0.1, -0.05) is 22.0 Å². The summed E-state index contributed by atoms with van der Waals surface area (Å²) in [5, 5.41) is 11.4. The molecule has 0 amide bonds. The molecule has 0 spiro atoms. The van der Waals surface area contributed by atoms with E-state index < -0.39 is 0 Å². The SMILES string of the molecule is O=[C]OCCc1nnnn1-c1cccc(Br)c1. The van der Waals surface area contributed by atoms with Crippen molar-refractivity contribution in [3.8, 4) is 5.69 Å². The van der Waals surface area contributed by atoms with Crippen molar-refractivity contribution in [2.24, 2.45) is 0 Å². The van der Waals surface area contributed by atoms with Gasteiger partial charge in [-0.05, 0) is 28.6 Å². The first-order valence-electron chi connectivity index (χ1n) is 4.83. The summed E-state index contributed by atoms with van der Waals surface area (Å²) in [5.41, 5.74) is 0.842. The summed E-state index contributed by atoms with van der Waals surface area (Å²) in [5.74, 6) is 0.623. The first kappa shape index (κ1) is 11.7. The quantitative estimate of drug-likeness (QED) is 0.771. The number of halogens is 1. The Morgan fingerprint density at radius 3 is 3.12 bits per heavy atom. The number of aromatic nitrogens is 4. The molecular weight excluding hydrogens is 288 g/mol. The van der Waals surface area contributed by atoms with Crippen LogP contribution in [0.1, 0.15) is 5.82 Å². The van der Waals surface area contributed by atoms with Crippen LogP contribution in [0.3, 0.4) is 0 Å². The lowest BCUT2D eigenvalue weighted by Crippen LogP contribution is -2.06. The zero-order valence-corrected chi connectivity index (χ0v) is 10.3. The molecule has 0 aliphatic carbocycles. The fourth-order valence-electron chi connectivity index (χ4n) is 1.35. The average Bonchev–Trinajstić information content (AvgIpc) is 2.78. The minimum absolute atomic E-state index is 0.206. The molecule has 0 aliphatic rings. The summed E-state index contributed by atoms with van der Waals surface area (Å²) < 4.78 is 7.03. The summed E-state index contributed by atoms with van der Waals surface area (Å²) in [7, 11) is 0. The van der Waals surface area contributed by atoms with E-state index in [1.54, 1.807) is 4.68 Å². The Bertz CT molecular complexity index is 515. The summed E-state index contributed by atoms with van der Waals surface area (Å²) in [6, 6.07) is 7.59. The highest BCUT2D eigenvalue weighted by molar-refractivity contribution is 9.10. The maximum absolute atomic E-state index is 9.92. The van der Waals surface area contributed by atoms with E-state index in [1.807, 2.05) is 24.3 Å². The van der Waals surface area contributed by atoms with Crippen LogP contribution in [0, 0.1) is 0 Å². The number of hydrogen-bond acceptors (Lipinski definition) is 5. The van der Waals surface area contributed by atoms with E-state index in [1.165, 1.54) is 6.47 Å². The van der Waals surface area contributed by atoms with Crippen LogP contribution in [0.4, 0.5) is 0 Å². The summed E-state index contributed by atoms with van der Waals surface area (Å²) >= 11 is 3.38. The van der Waals surface area contributed by atoms with E-state index in [4.69, 9.17) is 0 Å². The zero-order chi connectivity index (χ0) is 12.1. The molecule has 0 saturated carbocycles. The molecule has 0 N–H and O–H groups in total. The Balaban J connectivity index is 2.21. The molecule has 87 valence electrons. The zero-order valence-electron chi connectivity index (χ0n) is 8.71. The number of benzene rings is 1. The highest BCUT2D eigenvalue weighted by Crippen LogP contribution is 2.15. The van der Waals surface area contributed by atoms with Crippen molar-refractivity contribution >= 4 is 22.4 Å². The van der Waals surface area contributed by atoms with E-state index >= 15 is 0 Å². The van der Waals surface area contributed by atoms with Crippen molar-refractivity contribution in [1.29, 1.82) is 0 Å². The van der Waals surface area contributed by atoms with Gasteiger partial charge in [-0.2, -0.15) is 4.68 Å². The fourth-order valence-corrected chi connectivity index (χ4v) is 1.74. The van der Waals surface area contributed by atoms with Gasteiger partial charge >= 0.3 is 6.47 Å². The lowest BCUT2D eigenvalue weighted by Gasteiger charge is -2.04. The fraction of sp³-hybridized carbons (Fsp3) is 0.200. The monoisotopic (exact) mass is 295 g/mol. The molecule has 17 heavy (non-hydrogen) atoms. The smallest absolute Gasteiger partial charge is 0.417 e. The first-order valence-corrected chi connectivity index (χ1v) is 5.62. The molecule has 2 aromatic rings. The summed E-state index contributed by atoms with van der Waals surface area (Å²) in [6.07, 6.45) is 0.439. The molecule has 1 aromatic heterocycles. The van der Waals surface area contributed by atoms with Crippen molar-refractivity contribution in [3.63, 3.8) is 0 Å². The lowest BCUT2D eigenvalue weighted by atomic mass is 10.3. The van der Waals surface area contributed by atoms with Crippen LogP contribution in [0.15, 0.2) is 28.7 Å². The van der Waals surface area contributed by atoms with Crippen molar-refractivity contribution in [1.82, 2.24) is 20.2 Å². The van der Waals surface area contributed by atoms with Gasteiger partial charge in [-0.25, -0.2) is 4.79 Å². The minimum atomic E-state index is 0.206. The average molecular weight is 296 g/mol.